The molecule has 3 aromatic rings. The van der Waals surface area contributed by atoms with Crippen molar-refractivity contribution in [2.45, 2.75) is 25.3 Å². The average molecular weight is 347 g/mol. The number of rotatable bonds is 4. The van der Waals surface area contributed by atoms with Crippen molar-refractivity contribution < 1.29 is 4.39 Å². The van der Waals surface area contributed by atoms with E-state index in [1.807, 2.05) is 30.6 Å². The molecule has 3 nitrogen and oxygen atoms in total. The third kappa shape index (κ3) is 3.81. The molecule has 0 spiro atoms. The second kappa shape index (κ2) is 7.75. The smallest absolute Gasteiger partial charge is 0.132 e. The Kier molecular flexibility index (Phi) is 5.02. The second-order valence-electron chi connectivity index (χ2n) is 6.86. The number of piperidine rings is 1. The molecular formula is C22H22FN3. The number of halogens is 1. The lowest BCUT2D eigenvalue weighted by Crippen LogP contribution is -2.34. The minimum atomic E-state index is -0.222. The quantitative estimate of drug-likeness (QED) is 0.687. The molecule has 0 N–H and O–H groups in total. The Morgan fingerprint density at radius 1 is 1.00 bits per heavy atom. The van der Waals surface area contributed by atoms with Gasteiger partial charge in [0.2, 0.25) is 0 Å². The van der Waals surface area contributed by atoms with Gasteiger partial charge in [0.15, 0.2) is 0 Å². The van der Waals surface area contributed by atoms with Gasteiger partial charge in [-0.1, -0.05) is 18.2 Å². The van der Waals surface area contributed by atoms with Gasteiger partial charge in [0.25, 0.3) is 0 Å². The molecule has 2 aromatic heterocycles. The monoisotopic (exact) mass is 347 g/mol. The van der Waals surface area contributed by atoms with Crippen LogP contribution >= 0.6 is 0 Å². The van der Waals surface area contributed by atoms with Crippen LogP contribution in [0.15, 0.2) is 67.0 Å². The summed E-state index contributed by atoms with van der Waals surface area (Å²) in [6, 6.07) is 16.9. The maximum atomic E-state index is 14.1. The highest BCUT2D eigenvalue weighted by Crippen LogP contribution is 2.29. The molecule has 4 rings (SSSR count). The van der Waals surface area contributed by atoms with Crippen LogP contribution < -0.4 is 0 Å². The summed E-state index contributed by atoms with van der Waals surface area (Å²) in [5.41, 5.74) is 3.63. The molecule has 0 unspecified atom stereocenters. The van der Waals surface area contributed by atoms with Gasteiger partial charge in [0.1, 0.15) is 5.82 Å². The van der Waals surface area contributed by atoms with Crippen LogP contribution in [0.2, 0.25) is 0 Å². The van der Waals surface area contributed by atoms with Crippen LogP contribution in [0.1, 0.15) is 30.0 Å². The molecule has 4 heteroatoms. The first-order valence-corrected chi connectivity index (χ1v) is 9.13. The van der Waals surface area contributed by atoms with Gasteiger partial charge in [0.05, 0.1) is 5.69 Å². The van der Waals surface area contributed by atoms with Crippen molar-refractivity contribution in [1.82, 2.24) is 14.9 Å². The Bertz CT molecular complexity index is 866. The molecule has 3 heterocycles. The Morgan fingerprint density at radius 3 is 2.69 bits per heavy atom. The van der Waals surface area contributed by atoms with E-state index in [0.29, 0.717) is 17.2 Å². The fourth-order valence-corrected chi connectivity index (χ4v) is 3.68. The lowest BCUT2D eigenvalue weighted by molar-refractivity contribution is 0.198. The normalized spacial score (nSPS) is 18.0. The highest BCUT2D eigenvalue weighted by Gasteiger charge is 2.23. The zero-order valence-electron chi connectivity index (χ0n) is 14.7. The van der Waals surface area contributed by atoms with E-state index in [-0.39, 0.29) is 5.82 Å². The van der Waals surface area contributed by atoms with Gasteiger partial charge in [-0.05, 0) is 61.3 Å². The van der Waals surface area contributed by atoms with Crippen LogP contribution in [0, 0.1) is 5.82 Å². The van der Waals surface area contributed by atoms with Crippen molar-refractivity contribution in [1.29, 1.82) is 0 Å². The molecule has 26 heavy (non-hydrogen) atoms. The van der Waals surface area contributed by atoms with Crippen LogP contribution in [-0.4, -0.2) is 28.0 Å². The Morgan fingerprint density at radius 2 is 1.85 bits per heavy atom. The van der Waals surface area contributed by atoms with Crippen LogP contribution in [-0.2, 0) is 6.54 Å². The van der Waals surface area contributed by atoms with E-state index in [1.54, 1.807) is 12.1 Å². The van der Waals surface area contributed by atoms with E-state index in [1.165, 1.54) is 11.6 Å². The largest absolute Gasteiger partial charge is 0.298 e. The molecule has 0 saturated carbocycles. The summed E-state index contributed by atoms with van der Waals surface area (Å²) in [6.07, 6.45) is 5.97. The van der Waals surface area contributed by atoms with Crippen molar-refractivity contribution in [3.05, 3.63) is 84.1 Å². The molecule has 1 aliphatic rings. The fraction of sp³-hybridized carbons (Fsp3) is 0.273. The number of nitrogens with zero attached hydrogens (tertiary/aromatic N) is 3. The van der Waals surface area contributed by atoms with E-state index in [0.717, 1.165) is 38.2 Å². The lowest BCUT2D eigenvalue weighted by Gasteiger charge is -2.32. The molecule has 1 aromatic carbocycles. The molecule has 1 saturated heterocycles. The molecule has 1 aliphatic heterocycles. The van der Waals surface area contributed by atoms with Crippen LogP contribution in [0.4, 0.5) is 4.39 Å². The van der Waals surface area contributed by atoms with Crippen LogP contribution in [0.25, 0.3) is 11.3 Å². The van der Waals surface area contributed by atoms with Crippen molar-refractivity contribution in [3.8, 4) is 11.3 Å². The third-order valence-corrected chi connectivity index (χ3v) is 5.00. The maximum Gasteiger partial charge on any atom is 0.132 e. The fourth-order valence-electron chi connectivity index (χ4n) is 3.68. The minimum Gasteiger partial charge on any atom is -0.298 e. The number of pyridine rings is 2. The van der Waals surface area contributed by atoms with Gasteiger partial charge in [0, 0.05) is 42.7 Å². The maximum absolute atomic E-state index is 14.1. The van der Waals surface area contributed by atoms with Crippen molar-refractivity contribution in [2.24, 2.45) is 0 Å². The summed E-state index contributed by atoms with van der Waals surface area (Å²) in [7, 11) is 0. The molecule has 0 amide bonds. The van der Waals surface area contributed by atoms with Gasteiger partial charge in [-0.15, -0.1) is 0 Å². The summed E-state index contributed by atoms with van der Waals surface area (Å²) in [6.45, 7) is 3.02. The summed E-state index contributed by atoms with van der Waals surface area (Å²) >= 11 is 0. The number of likely N-dealkylation sites (tertiary alicyclic amines) is 1. The highest BCUT2D eigenvalue weighted by atomic mass is 19.1. The van der Waals surface area contributed by atoms with Crippen molar-refractivity contribution >= 4 is 0 Å². The van der Waals surface area contributed by atoms with Crippen molar-refractivity contribution in [3.63, 3.8) is 0 Å². The van der Waals surface area contributed by atoms with E-state index in [2.05, 4.69) is 28.1 Å². The lowest BCUT2D eigenvalue weighted by atomic mass is 9.93. The standard InChI is InChI=1S/C22H22FN3/c23-20-7-2-1-6-19(20)22-9-3-8-21(25-22)18-5-4-14-26(16-18)15-17-10-12-24-13-11-17/h1-3,6-13,18H,4-5,14-16H2/t18-/m0/s1. The average Bonchev–Trinajstić information content (AvgIpc) is 2.69. The number of benzene rings is 1. The number of hydrogen-bond acceptors (Lipinski definition) is 3. The molecule has 0 bridgehead atoms. The third-order valence-electron chi connectivity index (χ3n) is 5.00. The topological polar surface area (TPSA) is 29.0 Å². The van der Waals surface area contributed by atoms with Crippen molar-refractivity contribution in [2.75, 3.05) is 13.1 Å². The summed E-state index contributed by atoms with van der Waals surface area (Å²) < 4.78 is 14.1. The second-order valence-corrected chi connectivity index (χ2v) is 6.86. The van der Waals surface area contributed by atoms with Gasteiger partial charge in [-0.25, -0.2) is 4.39 Å². The number of hydrogen-bond donors (Lipinski definition) is 0. The Labute approximate surface area is 153 Å². The molecular weight excluding hydrogens is 325 g/mol. The summed E-state index contributed by atoms with van der Waals surface area (Å²) in [4.78, 5) is 11.4. The predicted molar refractivity (Wildman–Crippen MR) is 101 cm³/mol. The van der Waals surface area contributed by atoms with E-state index in [4.69, 9.17) is 4.98 Å². The molecule has 1 atom stereocenters. The van der Waals surface area contributed by atoms with E-state index >= 15 is 0 Å². The molecule has 0 radical (unpaired) electrons. The first-order valence-electron chi connectivity index (χ1n) is 9.13. The first kappa shape index (κ1) is 16.9. The Balaban J connectivity index is 1.52. The molecule has 0 aliphatic carbocycles. The molecule has 132 valence electrons. The van der Waals surface area contributed by atoms with Crippen LogP contribution in [0.3, 0.4) is 0 Å². The molecule has 1 fully saturated rings. The zero-order chi connectivity index (χ0) is 17.8. The number of aromatic nitrogens is 2. The highest BCUT2D eigenvalue weighted by molar-refractivity contribution is 5.59. The minimum absolute atomic E-state index is 0.222. The Hall–Kier alpha value is -2.59. The van der Waals surface area contributed by atoms with Gasteiger partial charge in [-0.3, -0.25) is 14.9 Å². The first-order chi connectivity index (χ1) is 12.8. The zero-order valence-corrected chi connectivity index (χ0v) is 14.7. The predicted octanol–water partition coefficient (Wildman–Crippen LogP) is 4.66. The van der Waals surface area contributed by atoms with E-state index in [9.17, 15) is 4.39 Å². The summed E-state index contributed by atoms with van der Waals surface area (Å²) in [5.74, 6) is 0.164. The van der Waals surface area contributed by atoms with Gasteiger partial charge >= 0.3 is 0 Å². The summed E-state index contributed by atoms with van der Waals surface area (Å²) in [5, 5.41) is 0. The van der Waals surface area contributed by atoms with Gasteiger partial charge in [-0.2, -0.15) is 0 Å². The van der Waals surface area contributed by atoms with E-state index < -0.39 is 0 Å². The SMILES string of the molecule is Fc1ccccc1-c1cccc([C@H]2CCCN(Cc3ccncc3)C2)n1. The van der Waals surface area contributed by atoms with Gasteiger partial charge < -0.3 is 0 Å². The van der Waals surface area contributed by atoms with Crippen LogP contribution in [0.5, 0.6) is 0 Å².